The van der Waals surface area contributed by atoms with Gasteiger partial charge in [-0.1, -0.05) is 0 Å². The predicted molar refractivity (Wildman–Crippen MR) is 59.7 cm³/mol. The number of nitrogens with zero attached hydrogens (tertiary/aromatic N) is 1. The fourth-order valence-electron chi connectivity index (χ4n) is 1.30. The van der Waals surface area contributed by atoms with Crippen molar-refractivity contribution in [3.63, 3.8) is 0 Å². The number of benzene rings is 1. The Hall–Kier alpha value is -0.448. The molecular weight excluding hydrogens is 173 g/mol. The van der Waals surface area contributed by atoms with E-state index in [1.165, 1.54) is 29.4 Å². The van der Waals surface area contributed by atoms with Crippen LogP contribution in [0.15, 0.2) is 24.3 Å². The normalized spacial score (nSPS) is 10.2. The van der Waals surface area contributed by atoms with E-state index in [-0.39, 0.29) is 0 Å². The molecule has 2 heteroatoms. The zero-order valence-electron chi connectivity index (χ0n) is 8.46. The van der Waals surface area contributed by atoms with Crippen molar-refractivity contribution < 1.29 is 0 Å². The van der Waals surface area contributed by atoms with Crippen LogP contribution in [-0.4, -0.2) is 30.4 Å². The van der Waals surface area contributed by atoms with Crippen LogP contribution in [0, 0.1) is 0 Å². The average Bonchev–Trinajstić information content (AvgIpc) is 2.15. The maximum atomic E-state index is 2.77. The summed E-state index contributed by atoms with van der Waals surface area (Å²) in [6.45, 7) is 0. The van der Waals surface area contributed by atoms with Gasteiger partial charge in [-0.15, -0.1) is 0 Å². The first kappa shape index (κ1) is 10.6. The third kappa shape index (κ3) is 3.42. The van der Waals surface area contributed by atoms with Gasteiger partial charge in [-0.2, -0.15) is 0 Å². The fraction of sp³-hybridized carbons (Fsp3) is 0.455. The standard InChI is InChI=1S/C11H16N.Al/c1-4-6-10-7-5-8-11(9-10)12(2)3;/h5,7-9H,1,4,6H2,2-3H3;/q;+2. The molecule has 0 aromatic heterocycles. The van der Waals surface area contributed by atoms with Crippen LogP contribution < -0.4 is 4.90 Å². The van der Waals surface area contributed by atoms with Gasteiger partial charge in [-0.3, -0.25) is 0 Å². The molecule has 0 radical (unpaired) electrons. The second-order valence-electron chi connectivity index (χ2n) is 3.46. The van der Waals surface area contributed by atoms with Crippen LogP contribution >= 0.6 is 0 Å². The van der Waals surface area contributed by atoms with Crippen molar-refractivity contribution in [2.75, 3.05) is 19.0 Å². The molecule has 0 heterocycles. The van der Waals surface area contributed by atoms with Gasteiger partial charge in [0.2, 0.25) is 0 Å². The van der Waals surface area contributed by atoms with Gasteiger partial charge < -0.3 is 0 Å². The molecule has 0 saturated carbocycles. The number of anilines is 1. The number of rotatable bonds is 4. The molecule has 66 valence electrons. The third-order valence-corrected chi connectivity index (χ3v) is 2.50. The molecule has 0 amide bonds. The van der Waals surface area contributed by atoms with E-state index in [9.17, 15) is 0 Å². The molecule has 1 aromatic carbocycles. The SMILES string of the molecule is CN(C)c1cccc(CC[CH2][Al+2])c1. The van der Waals surface area contributed by atoms with Gasteiger partial charge in [-0.05, 0) is 0 Å². The number of hydrogen-bond acceptors (Lipinski definition) is 1. The van der Waals surface area contributed by atoms with Crippen molar-refractivity contribution >= 4 is 22.0 Å². The Labute approximate surface area is 89.2 Å². The molecule has 0 aliphatic carbocycles. The van der Waals surface area contributed by atoms with E-state index in [0.717, 1.165) is 0 Å². The first-order chi connectivity index (χ1) is 6.24. The van der Waals surface area contributed by atoms with Crippen molar-refractivity contribution in [2.45, 2.75) is 18.1 Å². The Morgan fingerprint density at radius 2 is 2.08 bits per heavy atom. The summed E-state index contributed by atoms with van der Waals surface area (Å²) >= 11 is 2.77. The minimum atomic E-state index is 1.19. The molecule has 0 aliphatic rings. The summed E-state index contributed by atoms with van der Waals surface area (Å²) in [5.74, 6) is 0. The zero-order valence-corrected chi connectivity index (χ0v) is 9.61. The van der Waals surface area contributed by atoms with Gasteiger partial charge in [-0.25, -0.2) is 0 Å². The molecule has 0 fully saturated rings. The number of aryl methyl sites for hydroxylation is 1. The molecule has 0 N–H and O–H groups in total. The fourth-order valence-corrected chi connectivity index (χ4v) is 1.50. The molecule has 0 aliphatic heterocycles. The van der Waals surface area contributed by atoms with E-state index >= 15 is 0 Å². The van der Waals surface area contributed by atoms with Gasteiger partial charge in [0, 0.05) is 0 Å². The van der Waals surface area contributed by atoms with Crippen molar-refractivity contribution in [1.29, 1.82) is 0 Å². The van der Waals surface area contributed by atoms with Crippen molar-refractivity contribution in [3.05, 3.63) is 29.8 Å². The van der Waals surface area contributed by atoms with E-state index < -0.39 is 0 Å². The van der Waals surface area contributed by atoms with Crippen molar-refractivity contribution in [2.24, 2.45) is 0 Å². The van der Waals surface area contributed by atoms with Crippen molar-refractivity contribution in [3.8, 4) is 0 Å². The van der Waals surface area contributed by atoms with Crippen molar-refractivity contribution in [1.82, 2.24) is 0 Å². The van der Waals surface area contributed by atoms with Gasteiger partial charge in [0.1, 0.15) is 0 Å². The topological polar surface area (TPSA) is 3.24 Å². The zero-order chi connectivity index (χ0) is 9.68. The summed E-state index contributed by atoms with van der Waals surface area (Å²) in [4.78, 5) is 2.14. The van der Waals surface area contributed by atoms with E-state index in [2.05, 4.69) is 59.6 Å². The monoisotopic (exact) mass is 189 g/mol. The Kier molecular flexibility index (Phi) is 4.35. The maximum absolute atomic E-state index is 2.77. The first-order valence-electron chi connectivity index (χ1n) is 4.70. The minimum absolute atomic E-state index is 1.19. The van der Waals surface area contributed by atoms with Crippen LogP contribution in [0.1, 0.15) is 12.0 Å². The Bertz CT molecular complexity index is 258. The molecule has 13 heavy (non-hydrogen) atoms. The van der Waals surface area contributed by atoms with Gasteiger partial charge in [0.25, 0.3) is 0 Å². The Balaban J connectivity index is 2.68. The van der Waals surface area contributed by atoms with Gasteiger partial charge >= 0.3 is 88.9 Å². The number of hydrogen-bond donors (Lipinski definition) is 0. The molecule has 0 bridgehead atoms. The van der Waals surface area contributed by atoms with Crippen LogP contribution in [0.5, 0.6) is 0 Å². The summed E-state index contributed by atoms with van der Waals surface area (Å²) in [5, 5.41) is 1.19. The van der Waals surface area contributed by atoms with Crippen LogP contribution in [0.2, 0.25) is 5.28 Å². The summed E-state index contributed by atoms with van der Waals surface area (Å²) in [6.07, 6.45) is 2.44. The molecular formula is C11H16AlN+2. The Morgan fingerprint density at radius 3 is 2.69 bits per heavy atom. The molecule has 1 nitrogen and oxygen atoms in total. The predicted octanol–water partition coefficient (Wildman–Crippen LogP) is 2.27. The molecule has 1 aromatic rings. The molecule has 0 saturated heterocycles. The van der Waals surface area contributed by atoms with E-state index in [0.29, 0.717) is 0 Å². The summed E-state index contributed by atoms with van der Waals surface area (Å²) < 4.78 is 0. The Morgan fingerprint density at radius 1 is 1.31 bits per heavy atom. The second kappa shape index (κ2) is 5.32. The average molecular weight is 189 g/mol. The van der Waals surface area contributed by atoms with E-state index in [1.807, 2.05) is 0 Å². The van der Waals surface area contributed by atoms with Gasteiger partial charge in [0.05, 0.1) is 0 Å². The third-order valence-electron chi connectivity index (χ3n) is 2.10. The van der Waals surface area contributed by atoms with Crippen LogP contribution in [-0.2, 0) is 6.42 Å². The molecule has 0 spiro atoms. The summed E-state index contributed by atoms with van der Waals surface area (Å²) in [5.41, 5.74) is 2.73. The van der Waals surface area contributed by atoms with E-state index in [4.69, 9.17) is 0 Å². The van der Waals surface area contributed by atoms with Gasteiger partial charge in [0.15, 0.2) is 0 Å². The van der Waals surface area contributed by atoms with E-state index in [1.54, 1.807) is 0 Å². The molecule has 0 atom stereocenters. The molecule has 1 rings (SSSR count). The summed E-state index contributed by atoms with van der Waals surface area (Å²) in [7, 11) is 4.16. The first-order valence-corrected chi connectivity index (χ1v) is 5.52. The van der Waals surface area contributed by atoms with Crippen LogP contribution in [0.25, 0.3) is 0 Å². The quantitative estimate of drug-likeness (QED) is 0.657. The second-order valence-corrected chi connectivity index (χ2v) is 4.03. The summed E-state index contributed by atoms with van der Waals surface area (Å²) in [6, 6.07) is 8.74. The van der Waals surface area contributed by atoms with Crippen LogP contribution in [0.3, 0.4) is 0 Å². The molecule has 0 unspecified atom stereocenters. The van der Waals surface area contributed by atoms with Crippen LogP contribution in [0.4, 0.5) is 5.69 Å².